The molecule has 0 saturated heterocycles. The van der Waals surface area contributed by atoms with Gasteiger partial charge in [-0.05, 0) is 42.7 Å². The van der Waals surface area contributed by atoms with Crippen LogP contribution in [0.3, 0.4) is 0 Å². The second-order valence-electron chi connectivity index (χ2n) is 7.08. The Morgan fingerprint density at radius 1 is 1.27 bits per heavy atom. The van der Waals surface area contributed by atoms with E-state index in [1.54, 1.807) is 0 Å². The summed E-state index contributed by atoms with van der Waals surface area (Å²) >= 11 is 6.28. The van der Waals surface area contributed by atoms with Gasteiger partial charge in [0.05, 0.1) is 11.1 Å². The number of carbonyl (C=O) groups excluding carboxylic acids is 1. The Labute approximate surface area is 179 Å². The molecule has 1 unspecified atom stereocenters. The van der Waals surface area contributed by atoms with Gasteiger partial charge in [0, 0.05) is 12.7 Å². The lowest BCUT2D eigenvalue weighted by molar-refractivity contribution is 0.171. The number of nitrogens with one attached hydrogen (secondary N) is 2. The minimum absolute atomic E-state index is 0.226. The standard InChI is InChI=1S/C21H24ClN5O3/c1-2-5-16(20-26-25-18-6-3-4-9-27(18)20)24-21(28)23-8-7-14-12-15(22)19-17(13-14)29-10-11-30-19/h3-4,6,9,12-13,16H,2,5,7-8,10-11H2,1H3,(H2,23,24,28). The molecule has 0 aliphatic carbocycles. The number of hydrogen-bond acceptors (Lipinski definition) is 5. The largest absolute Gasteiger partial charge is 0.486 e. The van der Waals surface area contributed by atoms with Gasteiger partial charge >= 0.3 is 6.03 Å². The first-order valence-electron chi connectivity index (χ1n) is 10.1. The molecule has 0 spiro atoms. The predicted octanol–water partition coefficient (Wildman–Crippen LogP) is 3.54. The first-order valence-corrected chi connectivity index (χ1v) is 10.5. The van der Waals surface area contributed by atoms with Crippen molar-refractivity contribution in [3.63, 3.8) is 0 Å². The fourth-order valence-corrected chi connectivity index (χ4v) is 3.78. The molecule has 9 heteroatoms. The van der Waals surface area contributed by atoms with Gasteiger partial charge in [0.15, 0.2) is 23.0 Å². The molecule has 0 saturated carbocycles. The van der Waals surface area contributed by atoms with Crippen molar-refractivity contribution in [2.24, 2.45) is 0 Å². The number of benzene rings is 1. The van der Waals surface area contributed by atoms with Crippen molar-refractivity contribution in [2.75, 3.05) is 19.8 Å². The van der Waals surface area contributed by atoms with Gasteiger partial charge in [0.25, 0.3) is 0 Å². The molecule has 3 heterocycles. The van der Waals surface area contributed by atoms with Crippen molar-refractivity contribution in [3.8, 4) is 11.5 Å². The summed E-state index contributed by atoms with van der Waals surface area (Å²) in [6.45, 7) is 3.53. The van der Waals surface area contributed by atoms with E-state index in [0.29, 0.717) is 42.7 Å². The highest BCUT2D eigenvalue weighted by atomic mass is 35.5. The zero-order chi connectivity index (χ0) is 20.9. The highest BCUT2D eigenvalue weighted by molar-refractivity contribution is 6.32. The maximum absolute atomic E-state index is 12.5. The van der Waals surface area contributed by atoms with Crippen LogP contribution in [0.15, 0.2) is 36.5 Å². The van der Waals surface area contributed by atoms with E-state index in [2.05, 4.69) is 27.8 Å². The second kappa shape index (κ2) is 9.21. The minimum atomic E-state index is -0.246. The summed E-state index contributed by atoms with van der Waals surface area (Å²) in [5.74, 6) is 1.96. The minimum Gasteiger partial charge on any atom is -0.486 e. The number of halogens is 1. The summed E-state index contributed by atoms with van der Waals surface area (Å²) < 4.78 is 13.0. The molecule has 158 valence electrons. The van der Waals surface area contributed by atoms with E-state index in [-0.39, 0.29) is 12.1 Å². The van der Waals surface area contributed by atoms with E-state index in [4.69, 9.17) is 21.1 Å². The monoisotopic (exact) mass is 429 g/mol. The van der Waals surface area contributed by atoms with Crippen LogP contribution in [-0.4, -0.2) is 40.4 Å². The topological polar surface area (TPSA) is 89.8 Å². The zero-order valence-electron chi connectivity index (χ0n) is 16.7. The van der Waals surface area contributed by atoms with Crippen LogP contribution in [-0.2, 0) is 6.42 Å². The Bertz CT molecular complexity index is 1040. The molecule has 1 aliphatic heterocycles. The number of carbonyl (C=O) groups is 1. The summed E-state index contributed by atoms with van der Waals surface area (Å²) in [6.07, 6.45) is 4.19. The molecule has 1 aromatic carbocycles. The molecule has 0 bridgehead atoms. The highest BCUT2D eigenvalue weighted by Crippen LogP contribution is 2.38. The summed E-state index contributed by atoms with van der Waals surface area (Å²) in [7, 11) is 0. The highest BCUT2D eigenvalue weighted by Gasteiger charge is 2.20. The van der Waals surface area contributed by atoms with Crippen LogP contribution in [0.5, 0.6) is 11.5 Å². The fraction of sp³-hybridized carbons (Fsp3) is 0.381. The Morgan fingerprint density at radius 2 is 2.13 bits per heavy atom. The molecule has 2 amide bonds. The third-order valence-electron chi connectivity index (χ3n) is 4.89. The Kier molecular flexibility index (Phi) is 6.23. The predicted molar refractivity (Wildman–Crippen MR) is 113 cm³/mol. The van der Waals surface area contributed by atoms with Crippen LogP contribution in [0.4, 0.5) is 4.79 Å². The molecule has 8 nitrogen and oxygen atoms in total. The van der Waals surface area contributed by atoms with Crippen molar-refractivity contribution in [2.45, 2.75) is 32.2 Å². The Hall–Kier alpha value is -3.00. The van der Waals surface area contributed by atoms with E-state index in [0.717, 1.165) is 29.9 Å². The number of fused-ring (bicyclic) bond motifs is 2. The van der Waals surface area contributed by atoms with E-state index < -0.39 is 0 Å². The maximum atomic E-state index is 12.5. The lowest BCUT2D eigenvalue weighted by Crippen LogP contribution is -2.39. The number of aromatic nitrogens is 3. The van der Waals surface area contributed by atoms with Gasteiger partial charge in [-0.25, -0.2) is 4.79 Å². The summed E-state index contributed by atoms with van der Waals surface area (Å²) in [4.78, 5) is 12.5. The first kappa shape index (κ1) is 20.3. The first-order chi connectivity index (χ1) is 14.7. The second-order valence-corrected chi connectivity index (χ2v) is 7.49. The van der Waals surface area contributed by atoms with Crippen LogP contribution >= 0.6 is 11.6 Å². The smallest absolute Gasteiger partial charge is 0.315 e. The van der Waals surface area contributed by atoms with Crippen LogP contribution in [0, 0.1) is 0 Å². The van der Waals surface area contributed by atoms with Gasteiger partial charge in [0.1, 0.15) is 13.2 Å². The summed E-state index contributed by atoms with van der Waals surface area (Å²) in [5.41, 5.74) is 1.73. The van der Waals surface area contributed by atoms with Crippen LogP contribution in [0.25, 0.3) is 5.65 Å². The van der Waals surface area contributed by atoms with Crippen molar-refractivity contribution in [1.29, 1.82) is 0 Å². The number of hydrogen-bond donors (Lipinski definition) is 2. The van der Waals surface area contributed by atoms with Crippen LogP contribution < -0.4 is 20.1 Å². The van der Waals surface area contributed by atoms with Gasteiger partial charge < -0.3 is 20.1 Å². The number of rotatable bonds is 7. The molecule has 1 aliphatic rings. The third kappa shape index (κ3) is 4.43. The van der Waals surface area contributed by atoms with Crippen molar-refractivity contribution in [3.05, 3.63) is 52.9 Å². The number of nitrogens with zero attached hydrogens (tertiary/aromatic N) is 3. The van der Waals surface area contributed by atoms with Gasteiger partial charge in [-0.15, -0.1) is 10.2 Å². The van der Waals surface area contributed by atoms with Gasteiger partial charge in [-0.1, -0.05) is 31.0 Å². The molecule has 0 radical (unpaired) electrons. The fourth-order valence-electron chi connectivity index (χ4n) is 3.49. The Morgan fingerprint density at radius 3 is 3.00 bits per heavy atom. The van der Waals surface area contributed by atoms with Crippen molar-refractivity contribution >= 4 is 23.3 Å². The van der Waals surface area contributed by atoms with E-state index >= 15 is 0 Å². The van der Waals surface area contributed by atoms with Gasteiger partial charge in [-0.2, -0.15) is 0 Å². The lowest BCUT2D eigenvalue weighted by atomic mass is 10.1. The van der Waals surface area contributed by atoms with E-state index in [1.165, 1.54) is 0 Å². The van der Waals surface area contributed by atoms with Crippen LogP contribution in [0.2, 0.25) is 5.02 Å². The third-order valence-corrected chi connectivity index (χ3v) is 5.17. The number of urea groups is 1. The quantitative estimate of drug-likeness (QED) is 0.599. The summed E-state index contributed by atoms with van der Waals surface area (Å²) in [6, 6.07) is 8.99. The average molecular weight is 430 g/mol. The average Bonchev–Trinajstić information content (AvgIpc) is 3.18. The SMILES string of the molecule is CCCC(NC(=O)NCCc1cc(Cl)c2c(c1)OCCO2)c1nnc2ccccn12. The van der Waals surface area contributed by atoms with Gasteiger partial charge in [-0.3, -0.25) is 4.40 Å². The molecule has 1 atom stereocenters. The number of pyridine rings is 1. The maximum Gasteiger partial charge on any atom is 0.315 e. The molecule has 4 rings (SSSR count). The number of amides is 2. The van der Waals surface area contributed by atoms with Crippen molar-refractivity contribution < 1.29 is 14.3 Å². The molecule has 0 fully saturated rings. The molecule has 2 aromatic heterocycles. The zero-order valence-corrected chi connectivity index (χ0v) is 17.5. The molecule has 30 heavy (non-hydrogen) atoms. The van der Waals surface area contributed by atoms with Crippen molar-refractivity contribution in [1.82, 2.24) is 25.2 Å². The normalized spacial score (nSPS) is 13.8. The summed E-state index contributed by atoms with van der Waals surface area (Å²) in [5, 5.41) is 14.9. The number of ether oxygens (including phenoxy) is 2. The van der Waals surface area contributed by atoms with Gasteiger partial charge in [0.2, 0.25) is 0 Å². The van der Waals surface area contributed by atoms with E-state index in [9.17, 15) is 4.79 Å². The molecular formula is C21H24ClN5O3. The van der Waals surface area contributed by atoms with E-state index in [1.807, 2.05) is 40.9 Å². The molecular weight excluding hydrogens is 406 g/mol. The lowest BCUT2D eigenvalue weighted by Gasteiger charge is -2.20. The Balaban J connectivity index is 1.36. The van der Waals surface area contributed by atoms with Crippen LogP contribution in [0.1, 0.15) is 37.2 Å². The molecule has 2 N–H and O–H groups in total. The molecule has 3 aromatic rings.